The number of rotatable bonds is 5. The third kappa shape index (κ3) is 2.51. The van der Waals surface area contributed by atoms with E-state index in [4.69, 9.17) is 10.5 Å². The summed E-state index contributed by atoms with van der Waals surface area (Å²) in [7, 11) is 1.66. The highest BCUT2D eigenvalue weighted by Crippen LogP contribution is 2.62. The molecule has 138 valence electrons. The molecule has 1 aromatic carbocycles. The first-order valence-electron chi connectivity index (χ1n) is 9.05. The van der Waals surface area contributed by atoms with Crippen molar-refractivity contribution in [3.63, 3.8) is 0 Å². The molecule has 2 atom stereocenters. The van der Waals surface area contributed by atoms with Crippen LogP contribution in [0.1, 0.15) is 25.8 Å². The maximum atomic E-state index is 12.1. The van der Waals surface area contributed by atoms with Gasteiger partial charge in [0, 0.05) is 30.8 Å². The highest BCUT2D eigenvalue weighted by atomic mass is 16.5. The number of amides is 1. The summed E-state index contributed by atoms with van der Waals surface area (Å²) in [5.74, 6) is 1.02. The Morgan fingerprint density at radius 3 is 2.69 bits per heavy atom. The van der Waals surface area contributed by atoms with Crippen molar-refractivity contribution in [1.29, 1.82) is 0 Å². The predicted octanol–water partition coefficient (Wildman–Crippen LogP) is 2.42. The van der Waals surface area contributed by atoms with Crippen LogP contribution in [0, 0.1) is 16.7 Å². The van der Waals surface area contributed by atoms with Crippen LogP contribution in [-0.4, -0.2) is 41.2 Å². The van der Waals surface area contributed by atoms with Crippen molar-refractivity contribution >= 4 is 5.91 Å². The van der Waals surface area contributed by atoms with E-state index in [1.54, 1.807) is 7.11 Å². The van der Waals surface area contributed by atoms with E-state index in [2.05, 4.69) is 28.9 Å². The molecule has 2 aromatic rings. The number of nitrogens with two attached hydrogens (primary N) is 1. The molecule has 3 N–H and O–H groups in total. The number of aromatic amines is 1. The Labute approximate surface area is 153 Å². The summed E-state index contributed by atoms with van der Waals surface area (Å²) in [4.78, 5) is 14.5. The Morgan fingerprint density at radius 1 is 1.38 bits per heavy atom. The van der Waals surface area contributed by atoms with Crippen LogP contribution < -0.4 is 10.5 Å². The number of methoxy groups -OCH3 is 1. The standard InChI is InChI=1S/C20H26N4O2/c1-19(2)11-20(18(21)25)12-24(10-16(19)20)9-14-8-22-23-17(14)13-4-6-15(26-3)7-5-13/h4-8,16H,9-12H2,1-3H3,(H2,21,25)(H,22,23)/t16-,20+/m1/s1. The predicted molar refractivity (Wildman–Crippen MR) is 99.4 cm³/mol. The highest BCUT2D eigenvalue weighted by Gasteiger charge is 2.65. The van der Waals surface area contributed by atoms with Gasteiger partial charge in [-0.25, -0.2) is 0 Å². The zero-order valence-electron chi connectivity index (χ0n) is 15.6. The Kier molecular flexibility index (Phi) is 3.84. The molecular weight excluding hydrogens is 328 g/mol. The molecule has 1 amide bonds. The number of nitrogens with zero attached hydrogens (tertiary/aromatic N) is 2. The number of ether oxygens (including phenoxy) is 1. The molecule has 2 aliphatic rings. The number of hydrogen-bond donors (Lipinski definition) is 2. The normalized spacial score (nSPS) is 27.0. The Hall–Kier alpha value is -2.34. The fourth-order valence-corrected chi connectivity index (χ4v) is 5.12. The van der Waals surface area contributed by atoms with Crippen molar-refractivity contribution in [2.45, 2.75) is 26.8 Å². The number of nitrogens with one attached hydrogen (secondary N) is 1. The van der Waals surface area contributed by atoms with Crippen LogP contribution in [0.5, 0.6) is 5.75 Å². The lowest BCUT2D eigenvalue weighted by atomic mass is 9.48. The van der Waals surface area contributed by atoms with E-state index < -0.39 is 0 Å². The van der Waals surface area contributed by atoms with Crippen LogP contribution in [0.2, 0.25) is 0 Å². The van der Waals surface area contributed by atoms with Gasteiger partial charge in [-0.3, -0.25) is 14.8 Å². The minimum absolute atomic E-state index is 0.146. The molecule has 0 spiro atoms. The van der Waals surface area contributed by atoms with Crippen LogP contribution in [0.3, 0.4) is 0 Å². The van der Waals surface area contributed by atoms with E-state index in [0.717, 1.165) is 48.6 Å². The number of hydrogen-bond acceptors (Lipinski definition) is 4. The Balaban J connectivity index is 1.54. The second kappa shape index (κ2) is 5.84. The minimum Gasteiger partial charge on any atom is -0.497 e. The first-order valence-corrected chi connectivity index (χ1v) is 9.05. The quantitative estimate of drug-likeness (QED) is 0.864. The second-order valence-corrected chi connectivity index (χ2v) is 8.41. The van der Waals surface area contributed by atoms with Gasteiger partial charge in [-0.05, 0) is 42.0 Å². The summed E-state index contributed by atoms with van der Waals surface area (Å²) in [6, 6.07) is 7.94. The van der Waals surface area contributed by atoms with E-state index >= 15 is 0 Å². The first-order chi connectivity index (χ1) is 12.4. The molecule has 4 rings (SSSR count). The SMILES string of the molecule is COc1ccc(-c2[nH]ncc2CN2C[C@@H]3C(C)(C)C[C@]3(C(N)=O)C2)cc1. The van der Waals surface area contributed by atoms with Gasteiger partial charge in [-0.1, -0.05) is 13.8 Å². The van der Waals surface area contributed by atoms with Crippen molar-refractivity contribution in [2.24, 2.45) is 22.5 Å². The zero-order valence-corrected chi connectivity index (χ0v) is 15.6. The van der Waals surface area contributed by atoms with E-state index in [-0.39, 0.29) is 16.7 Å². The molecule has 1 aromatic heterocycles. The lowest BCUT2D eigenvalue weighted by Crippen LogP contribution is -2.59. The number of carbonyl (C=O) groups is 1. The number of likely N-dealkylation sites (tertiary alicyclic amines) is 1. The molecule has 6 heteroatoms. The third-order valence-electron chi connectivity index (χ3n) is 6.31. The van der Waals surface area contributed by atoms with Crippen molar-refractivity contribution in [3.05, 3.63) is 36.0 Å². The van der Waals surface area contributed by atoms with Crippen LogP contribution in [0.4, 0.5) is 0 Å². The van der Waals surface area contributed by atoms with E-state index in [1.165, 1.54) is 0 Å². The van der Waals surface area contributed by atoms with Gasteiger partial charge in [0.2, 0.25) is 5.91 Å². The van der Waals surface area contributed by atoms with E-state index in [1.807, 2.05) is 30.5 Å². The van der Waals surface area contributed by atoms with Gasteiger partial charge < -0.3 is 10.5 Å². The molecule has 1 saturated carbocycles. The van der Waals surface area contributed by atoms with Crippen LogP contribution in [0.15, 0.2) is 30.5 Å². The molecule has 26 heavy (non-hydrogen) atoms. The summed E-state index contributed by atoms with van der Waals surface area (Å²) in [5.41, 5.74) is 8.83. The summed E-state index contributed by atoms with van der Waals surface area (Å²) in [6.07, 6.45) is 2.76. The van der Waals surface area contributed by atoms with Crippen LogP contribution in [0.25, 0.3) is 11.3 Å². The topological polar surface area (TPSA) is 84.2 Å². The fourth-order valence-electron chi connectivity index (χ4n) is 5.12. The Bertz CT molecular complexity index is 827. The summed E-state index contributed by atoms with van der Waals surface area (Å²) in [6.45, 7) is 6.89. The lowest BCUT2D eigenvalue weighted by molar-refractivity contribution is -0.148. The van der Waals surface area contributed by atoms with Gasteiger partial charge in [0.1, 0.15) is 5.75 Å². The van der Waals surface area contributed by atoms with E-state index in [9.17, 15) is 4.79 Å². The van der Waals surface area contributed by atoms with Crippen LogP contribution >= 0.6 is 0 Å². The monoisotopic (exact) mass is 354 g/mol. The van der Waals surface area contributed by atoms with E-state index in [0.29, 0.717) is 5.92 Å². The first kappa shape index (κ1) is 17.1. The number of fused-ring (bicyclic) bond motifs is 1. The van der Waals surface area contributed by atoms with Gasteiger partial charge in [-0.2, -0.15) is 5.10 Å². The maximum Gasteiger partial charge on any atom is 0.225 e. The summed E-state index contributed by atoms with van der Waals surface area (Å²) in [5, 5.41) is 7.35. The van der Waals surface area contributed by atoms with Gasteiger partial charge in [0.25, 0.3) is 0 Å². The second-order valence-electron chi connectivity index (χ2n) is 8.41. The van der Waals surface area contributed by atoms with Crippen molar-refractivity contribution in [2.75, 3.05) is 20.2 Å². The average molecular weight is 354 g/mol. The molecule has 0 radical (unpaired) electrons. The Morgan fingerprint density at radius 2 is 2.12 bits per heavy atom. The number of primary amides is 1. The number of aromatic nitrogens is 2. The average Bonchev–Trinajstić information content (AvgIpc) is 3.19. The van der Waals surface area contributed by atoms with Crippen molar-refractivity contribution in [3.8, 4) is 17.0 Å². The lowest BCUT2D eigenvalue weighted by Gasteiger charge is -2.54. The molecule has 1 aliphatic heterocycles. The molecule has 2 fully saturated rings. The highest BCUT2D eigenvalue weighted by molar-refractivity contribution is 5.83. The van der Waals surface area contributed by atoms with Gasteiger partial charge in [-0.15, -0.1) is 0 Å². The van der Waals surface area contributed by atoms with Gasteiger partial charge in [0.15, 0.2) is 0 Å². The molecule has 0 unspecified atom stereocenters. The number of carbonyl (C=O) groups excluding carboxylic acids is 1. The largest absolute Gasteiger partial charge is 0.497 e. The molecule has 2 heterocycles. The number of H-pyrrole nitrogens is 1. The molecular formula is C20H26N4O2. The molecule has 0 bridgehead atoms. The third-order valence-corrected chi connectivity index (χ3v) is 6.31. The van der Waals surface area contributed by atoms with Crippen molar-refractivity contribution < 1.29 is 9.53 Å². The van der Waals surface area contributed by atoms with Crippen molar-refractivity contribution in [1.82, 2.24) is 15.1 Å². The molecule has 6 nitrogen and oxygen atoms in total. The van der Waals surface area contributed by atoms with Gasteiger partial charge in [0.05, 0.1) is 24.4 Å². The smallest absolute Gasteiger partial charge is 0.225 e. The van der Waals surface area contributed by atoms with Crippen LogP contribution in [-0.2, 0) is 11.3 Å². The minimum atomic E-state index is -0.354. The zero-order chi connectivity index (χ0) is 18.5. The summed E-state index contributed by atoms with van der Waals surface area (Å²) >= 11 is 0. The number of benzene rings is 1. The van der Waals surface area contributed by atoms with Gasteiger partial charge >= 0.3 is 0 Å². The molecule has 1 saturated heterocycles. The fraction of sp³-hybridized carbons (Fsp3) is 0.500. The summed E-state index contributed by atoms with van der Waals surface area (Å²) < 4.78 is 5.23. The maximum absolute atomic E-state index is 12.1. The molecule has 1 aliphatic carbocycles.